The predicted octanol–water partition coefficient (Wildman–Crippen LogP) is 3.01. The minimum atomic E-state index is 0.719. The van der Waals surface area contributed by atoms with Crippen molar-refractivity contribution in [3.63, 3.8) is 0 Å². The molecule has 0 bridgehead atoms. The average molecular weight is 229 g/mol. The van der Waals surface area contributed by atoms with Crippen molar-refractivity contribution < 1.29 is 9.47 Å². The van der Waals surface area contributed by atoms with Crippen LogP contribution in [0, 0.1) is 13.8 Å². The van der Waals surface area contributed by atoms with Gasteiger partial charge in [-0.1, -0.05) is 0 Å². The molecule has 2 heterocycles. The third-order valence-corrected chi connectivity index (χ3v) is 3.26. The molecule has 1 aromatic heterocycles. The number of ether oxygens (including phenoxy) is 2. The molecule has 0 atom stereocenters. The fourth-order valence-corrected chi connectivity index (χ4v) is 2.11. The van der Waals surface area contributed by atoms with Gasteiger partial charge in [-0.3, -0.25) is 4.98 Å². The van der Waals surface area contributed by atoms with Crippen LogP contribution in [-0.2, 0) is 0 Å². The summed E-state index contributed by atoms with van der Waals surface area (Å²) in [7, 11) is 0. The number of rotatable bonds is 0. The van der Waals surface area contributed by atoms with Gasteiger partial charge in [0.2, 0.25) is 0 Å². The first-order valence-electron chi connectivity index (χ1n) is 5.91. The maximum Gasteiger partial charge on any atom is 0.161 e. The lowest BCUT2D eigenvalue weighted by atomic mass is 10.1. The molecule has 0 saturated carbocycles. The highest BCUT2D eigenvalue weighted by atomic mass is 16.5. The number of nitrogens with zero attached hydrogens (tertiary/aromatic N) is 1. The van der Waals surface area contributed by atoms with E-state index in [9.17, 15) is 0 Å². The fourth-order valence-electron chi connectivity index (χ4n) is 2.11. The van der Waals surface area contributed by atoms with Crippen molar-refractivity contribution in [3.05, 3.63) is 29.6 Å². The lowest BCUT2D eigenvalue weighted by molar-refractivity contribution is 0.297. The SMILES string of the molecule is Cc1ncc2cc3c(cc2c1C)OCCCO3. The zero-order valence-electron chi connectivity index (χ0n) is 10.1. The highest BCUT2D eigenvalue weighted by molar-refractivity contribution is 5.88. The highest BCUT2D eigenvalue weighted by Gasteiger charge is 2.13. The number of benzene rings is 1. The molecule has 0 radical (unpaired) electrons. The second-order valence-electron chi connectivity index (χ2n) is 4.41. The summed E-state index contributed by atoms with van der Waals surface area (Å²) in [6.07, 6.45) is 2.83. The smallest absolute Gasteiger partial charge is 0.161 e. The molecule has 1 aromatic carbocycles. The third-order valence-electron chi connectivity index (χ3n) is 3.26. The van der Waals surface area contributed by atoms with E-state index in [1.165, 1.54) is 10.9 Å². The molecule has 0 unspecified atom stereocenters. The second-order valence-corrected chi connectivity index (χ2v) is 4.41. The van der Waals surface area contributed by atoms with Crippen LogP contribution in [-0.4, -0.2) is 18.2 Å². The van der Waals surface area contributed by atoms with Gasteiger partial charge in [-0.15, -0.1) is 0 Å². The monoisotopic (exact) mass is 229 g/mol. The van der Waals surface area contributed by atoms with Gasteiger partial charge in [-0.25, -0.2) is 0 Å². The van der Waals surface area contributed by atoms with Crippen molar-refractivity contribution in [1.29, 1.82) is 0 Å². The minimum absolute atomic E-state index is 0.719. The van der Waals surface area contributed by atoms with Gasteiger partial charge in [0.05, 0.1) is 13.2 Å². The minimum Gasteiger partial charge on any atom is -0.490 e. The van der Waals surface area contributed by atoms with Crippen LogP contribution in [0.5, 0.6) is 11.5 Å². The van der Waals surface area contributed by atoms with Crippen molar-refractivity contribution in [1.82, 2.24) is 4.98 Å². The van der Waals surface area contributed by atoms with Gasteiger partial charge in [0, 0.05) is 23.7 Å². The molecule has 3 rings (SSSR count). The Morgan fingerprint density at radius 3 is 2.53 bits per heavy atom. The molecule has 88 valence electrons. The van der Waals surface area contributed by atoms with Crippen LogP contribution < -0.4 is 9.47 Å². The van der Waals surface area contributed by atoms with Gasteiger partial charge < -0.3 is 9.47 Å². The Kier molecular flexibility index (Phi) is 2.39. The Hall–Kier alpha value is -1.77. The van der Waals surface area contributed by atoms with Crippen LogP contribution in [0.15, 0.2) is 18.3 Å². The summed E-state index contributed by atoms with van der Waals surface area (Å²) in [5.41, 5.74) is 2.27. The lowest BCUT2D eigenvalue weighted by Crippen LogP contribution is -1.97. The van der Waals surface area contributed by atoms with Crippen molar-refractivity contribution in [2.45, 2.75) is 20.3 Å². The zero-order chi connectivity index (χ0) is 11.8. The molecule has 0 aliphatic carbocycles. The summed E-state index contributed by atoms with van der Waals surface area (Å²) >= 11 is 0. The van der Waals surface area contributed by atoms with Gasteiger partial charge in [0.15, 0.2) is 11.5 Å². The van der Waals surface area contributed by atoms with Gasteiger partial charge in [0.25, 0.3) is 0 Å². The van der Waals surface area contributed by atoms with Crippen LogP contribution in [0.4, 0.5) is 0 Å². The third kappa shape index (κ3) is 1.71. The molecular weight excluding hydrogens is 214 g/mol. The fraction of sp³-hybridized carbons (Fsp3) is 0.357. The Bertz CT molecular complexity index is 578. The first-order valence-corrected chi connectivity index (χ1v) is 5.91. The Morgan fingerprint density at radius 1 is 1.06 bits per heavy atom. The van der Waals surface area contributed by atoms with Crippen molar-refractivity contribution in [2.24, 2.45) is 0 Å². The molecule has 3 nitrogen and oxygen atoms in total. The number of pyridine rings is 1. The average Bonchev–Trinajstić information content (AvgIpc) is 2.57. The van der Waals surface area contributed by atoms with Crippen molar-refractivity contribution in [3.8, 4) is 11.5 Å². The predicted molar refractivity (Wildman–Crippen MR) is 66.8 cm³/mol. The number of aryl methyl sites for hydroxylation is 2. The van der Waals surface area contributed by atoms with Crippen LogP contribution in [0.3, 0.4) is 0 Å². The van der Waals surface area contributed by atoms with E-state index in [1.807, 2.05) is 19.2 Å². The number of hydrogen-bond donors (Lipinski definition) is 0. The van der Waals surface area contributed by atoms with Gasteiger partial charge in [-0.2, -0.15) is 0 Å². The van der Waals surface area contributed by atoms with Crippen molar-refractivity contribution >= 4 is 10.8 Å². The Morgan fingerprint density at radius 2 is 1.76 bits per heavy atom. The van der Waals surface area contributed by atoms with E-state index in [0.717, 1.165) is 42.2 Å². The van der Waals surface area contributed by atoms with E-state index in [4.69, 9.17) is 9.47 Å². The van der Waals surface area contributed by atoms with E-state index in [-0.39, 0.29) is 0 Å². The summed E-state index contributed by atoms with van der Waals surface area (Å²) in [4.78, 5) is 4.38. The largest absolute Gasteiger partial charge is 0.490 e. The molecule has 0 N–H and O–H groups in total. The maximum absolute atomic E-state index is 5.71. The number of aromatic nitrogens is 1. The zero-order valence-corrected chi connectivity index (χ0v) is 10.1. The first-order chi connectivity index (χ1) is 8.25. The molecule has 0 saturated heterocycles. The molecule has 17 heavy (non-hydrogen) atoms. The second kappa shape index (κ2) is 3.91. The van der Waals surface area contributed by atoms with Crippen LogP contribution in [0.1, 0.15) is 17.7 Å². The molecule has 1 aliphatic rings. The van der Waals surface area contributed by atoms with E-state index in [0.29, 0.717) is 0 Å². The van der Waals surface area contributed by atoms with Gasteiger partial charge in [-0.05, 0) is 36.9 Å². The summed E-state index contributed by atoms with van der Waals surface area (Å²) in [5, 5.41) is 2.30. The summed E-state index contributed by atoms with van der Waals surface area (Å²) in [5.74, 6) is 1.68. The normalized spacial score (nSPS) is 14.7. The van der Waals surface area contributed by atoms with Crippen LogP contribution in [0.2, 0.25) is 0 Å². The lowest BCUT2D eigenvalue weighted by Gasteiger charge is -2.11. The molecule has 0 fully saturated rings. The molecule has 0 amide bonds. The topological polar surface area (TPSA) is 31.4 Å². The summed E-state index contributed by atoms with van der Waals surface area (Å²) < 4.78 is 11.4. The highest BCUT2D eigenvalue weighted by Crippen LogP contribution is 2.35. The van der Waals surface area contributed by atoms with E-state index in [2.05, 4.69) is 18.0 Å². The quantitative estimate of drug-likeness (QED) is 0.696. The summed E-state index contributed by atoms with van der Waals surface area (Å²) in [6.45, 7) is 5.56. The molecule has 0 spiro atoms. The van der Waals surface area contributed by atoms with E-state index >= 15 is 0 Å². The molecular formula is C14H15NO2. The Labute approximate surface area is 100 Å². The summed E-state index contributed by atoms with van der Waals surface area (Å²) in [6, 6.07) is 4.09. The number of fused-ring (bicyclic) bond motifs is 2. The number of hydrogen-bond acceptors (Lipinski definition) is 3. The van der Waals surface area contributed by atoms with E-state index < -0.39 is 0 Å². The van der Waals surface area contributed by atoms with Crippen molar-refractivity contribution in [2.75, 3.05) is 13.2 Å². The van der Waals surface area contributed by atoms with Crippen LogP contribution in [0.25, 0.3) is 10.8 Å². The van der Waals surface area contributed by atoms with Gasteiger partial charge in [0.1, 0.15) is 0 Å². The first kappa shape index (κ1) is 10.4. The Balaban J connectivity index is 2.26. The maximum atomic E-state index is 5.71. The van der Waals surface area contributed by atoms with Crippen LogP contribution >= 0.6 is 0 Å². The van der Waals surface area contributed by atoms with E-state index in [1.54, 1.807) is 0 Å². The molecule has 1 aliphatic heterocycles. The molecule has 2 aromatic rings. The van der Waals surface area contributed by atoms with Gasteiger partial charge >= 0.3 is 0 Å². The standard InChI is InChI=1S/C14H15NO2/c1-9-10(2)15-8-11-6-13-14(7-12(9)11)17-5-3-4-16-13/h6-8H,3-5H2,1-2H3. The molecule has 3 heteroatoms.